The number of nitro groups is 1. The summed E-state index contributed by atoms with van der Waals surface area (Å²) in [6.45, 7) is 0. The molecule has 0 aliphatic rings. The molecule has 10 nitrogen and oxygen atoms in total. The van der Waals surface area contributed by atoms with Gasteiger partial charge in [-0.15, -0.1) is 23.1 Å². The molecule has 0 radical (unpaired) electrons. The Morgan fingerprint density at radius 1 is 0.915 bits per heavy atom. The van der Waals surface area contributed by atoms with Gasteiger partial charge in [0, 0.05) is 49.3 Å². The Bertz CT molecular complexity index is 1990. The number of thioether (sulfide) groups is 1. The standard InChI is InChI=1S/C33H23Cl2N5O5S2/c34-23-10-9-21(27(35)17-23)16-28(37-31(42)20-5-2-1-3-6-20)32(43)36-24-11-13-26(14-12-24)46-19-30(41)39-33-38-29(18-47-33)22-7-4-8-25(15-22)40(44)45/h1-18H,19H2,(H,36,43)(H,37,42)(H,38,39,41)/b28-16-. The molecule has 4 aromatic carbocycles. The van der Waals surface area contributed by atoms with E-state index in [4.69, 9.17) is 23.2 Å². The first-order chi connectivity index (χ1) is 22.6. The molecule has 0 atom stereocenters. The van der Waals surface area contributed by atoms with Crippen LogP contribution >= 0.6 is 46.3 Å². The summed E-state index contributed by atoms with van der Waals surface area (Å²) in [6.07, 6.45) is 1.47. The second kappa shape index (κ2) is 15.5. The predicted molar refractivity (Wildman–Crippen MR) is 187 cm³/mol. The number of carbonyl (C=O) groups is 3. The van der Waals surface area contributed by atoms with Crippen molar-refractivity contribution in [1.29, 1.82) is 0 Å². The van der Waals surface area contributed by atoms with Gasteiger partial charge in [0.25, 0.3) is 17.5 Å². The molecule has 0 saturated heterocycles. The van der Waals surface area contributed by atoms with E-state index in [2.05, 4.69) is 20.9 Å². The number of carbonyl (C=O) groups excluding carboxylic acids is 3. The molecule has 3 N–H and O–H groups in total. The van der Waals surface area contributed by atoms with Crippen LogP contribution in [0.25, 0.3) is 17.3 Å². The maximum Gasteiger partial charge on any atom is 0.272 e. The van der Waals surface area contributed by atoms with Crippen molar-refractivity contribution in [2.75, 3.05) is 16.4 Å². The van der Waals surface area contributed by atoms with Gasteiger partial charge in [0.15, 0.2) is 5.13 Å². The number of amides is 3. The number of hydrogen-bond acceptors (Lipinski definition) is 8. The average Bonchev–Trinajstić information content (AvgIpc) is 3.54. The molecular weight excluding hydrogens is 681 g/mol. The molecule has 1 heterocycles. The van der Waals surface area contributed by atoms with Gasteiger partial charge in [0.2, 0.25) is 5.91 Å². The molecule has 0 aliphatic heterocycles. The zero-order valence-electron chi connectivity index (χ0n) is 24.1. The van der Waals surface area contributed by atoms with Gasteiger partial charge in [-0.05, 0) is 60.2 Å². The van der Waals surface area contributed by atoms with Crippen molar-refractivity contribution in [1.82, 2.24) is 10.3 Å². The van der Waals surface area contributed by atoms with E-state index < -0.39 is 16.7 Å². The zero-order chi connectivity index (χ0) is 33.3. The third-order valence-electron chi connectivity index (χ3n) is 6.38. The van der Waals surface area contributed by atoms with E-state index in [1.807, 2.05) is 0 Å². The number of thiazole rings is 1. The Labute approximate surface area is 287 Å². The summed E-state index contributed by atoms with van der Waals surface area (Å²) in [5, 5.41) is 22.1. The number of hydrogen-bond donors (Lipinski definition) is 3. The summed E-state index contributed by atoms with van der Waals surface area (Å²) in [7, 11) is 0. The summed E-state index contributed by atoms with van der Waals surface area (Å²) < 4.78 is 0. The largest absolute Gasteiger partial charge is 0.321 e. The average molecular weight is 705 g/mol. The SMILES string of the molecule is O=C(CSc1ccc(NC(=O)/C(=C/c2ccc(Cl)cc2Cl)NC(=O)c2ccccc2)cc1)Nc1nc(-c2cccc([N+](=O)[O-])c2)cs1. The zero-order valence-corrected chi connectivity index (χ0v) is 27.3. The monoisotopic (exact) mass is 703 g/mol. The fourth-order valence-corrected chi connectivity index (χ4v) is 5.99. The lowest BCUT2D eigenvalue weighted by molar-refractivity contribution is -0.384. The number of nitrogens with zero attached hydrogens (tertiary/aromatic N) is 2. The number of benzene rings is 4. The van der Waals surface area contributed by atoms with Crippen LogP contribution in [-0.4, -0.2) is 33.4 Å². The minimum absolute atomic E-state index is 0.0333. The highest BCUT2D eigenvalue weighted by molar-refractivity contribution is 8.00. The van der Waals surface area contributed by atoms with Crippen LogP contribution in [0.1, 0.15) is 15.9 Å². The molecule has 0 unspecified atom stereocenters. The van der Waals surface area contributed by atoms with Gasteiger partial charge in [0.1, 0.15) is 5.70 Å². The number of non-ortho nitro benzene ring substituents is 1. The van der Waals surface area contributed by atoms with Crippen LogP contribution in [0.4, 0.5) is 16.5 Å². The van der Waals surface area contributed by atoms with Crippen molar-refractivity contribution in [3.63, 3.8) is 0 Å². The number of rotatable bonds is 11. The van der Waals surface area contributed by atoms with E-state index in [0.29, 0.717) is 43.2 Å². The molecule has 0 aliphatic carbocycles. The second-order valence-electron chi connectivity index (χ2n) is 9.70. The molecule has 1 aromatic heterocycles. The highest BCUT2D eigenvalue weighted by atomic mass is 35.5. The first-order valence-electron chi connectivity index (χ1n) is 13.7. The predicted octanol–water partition coefficient (Wildman–Crippen LogP) is 8.17. The molecule has 0 saturated carbocycles. The maximum atomic E-state index is 13.3. The molecule has 5 aromatic rings. The van der Waals surface area contributed by atoms with Gasteiger partial charge in [-0.3, -0.25) is 24.5 Å². The fraction of sp³-hybridized carbons (Fsp3) is 0.0303. The molecule has 236 valence electrons. The van der Waals surface area contributed by atoms with Crippen LogP contribution in [0.3, 0.4) is 0 Å². The van der Waals surface area contributed by atoms with Crippen molar-refractivity contribution in [3.05, 3.63) is 139 Å². The second-order valence-corrected chi connectivity index (χ2v) is 12.5. The third-order valence-corrected chi connectivity index (χ3v) is 8.71. The summed E-state index contributed by atoms with van der Waals surface area (Å²) in [5.41, 5.74) is 2.34. The molecule has 0 bridgehead atoms. The Hall–Kier alpha value is -5.01. The Balaban J connectivity index is 1.19. The van der Waals surface area contributed by atoms with Crippen LogP contribution in [0, 0.1) is 10.1 Å². The first kappa shape index (κ1) is 33.4. The summed E-state index contributed by atoms with van der Waals surface area (Å²) in [4.78, 5) is 54.5. The lowest BCUT2D eigenvalue weighted by atomic mass is 10.1. The number of nitrogens with one attached hydrogen (secondary N) is 3. The number of halogens is 2. The molecule has 5 rings (SSSR count). The van der Waals surface area contributed by atoms with Crippen molar-refractivity contribution < 1.29 is 19.3 Å². The van der Waals surface area contributed by atoms with Gasteiger partial charge in [-0.1, -0.05) is 59.6 Å². The van der Waals surface area contributed by atoms with Gasteiger partial charge in [-0.25, -0.2) is 4.98 Å². The lowest BCUT2D eigenvalue weighted by Gasteiger charge is -2.12. The Morgan fingerprint density at radius 2 is 1.68 bits per heavy atom. The van der Waals surface area contributed by atoms with E-state index >= 15 is 0 Å². The van der Waals surface area contributed by atoms with Gasteiger partial charge in [-0.2, -0.15) is 0 Å². The molecule has 47 heavy (non-hydrogen) atoms. The van der Waals surface area contributed by atoms with Crippen LogP contribution < -0.4 is 16.0 Å². The highest BCUT2D eigenvalue weighted by Gasteiger charge is 2.17. The van der Waals surface area contributed by atoms with E-state index in [9.17, 15) is 24.5 Å². The quantitative estimate of drug-likeness (QED) is 0.0545. The van der Waals surface area contributed by atoms with Crippen LogP contribution in [0.15, 0.2) is 113 Å². The maximum absolute atomic E-state index is 13.3. The minimum Gasteiger partial charge on any atom is -0.321 e. The minimum atomic E-state index is -0.576. The van der Waals surface area contributed by atoms with Crippen LogP contribution in [0.2, 0.25) is 10.0 Å². The van der Waals surface area contributed by atoms with Crippen molar-refractivity contribution in [2.45, 2.75) is 4.90 Å². The van der Waals surface area contributed by atoms with Crippen molar-refractivity contribution in [3.8, 4) is 11.3 Å². The topological polar surface area (TPSA) is 143 Å². The number of aromatic nitrogens is 1. The van der Waals surface area contributed by atoms with Crippen LogP contribution in [-0.2, 0) is 9.59 Å². The molecule has 0 spiro atoms. The third kappa shape index (κ3) is 9.27. The van der Waals surface area contributed by atoms with Gasteiger partial charge >= 0.3 is 0 Å². The Morgan fingerprint density at radius 3 is 2.40 bits per heavy atom. The Kier molecular flexibility index (Phi) is 11.0. The lowest BCUT2D eigenvalue weighted by Crippen LogP contribution is -2.30. The number of nitro benzene ring substituents is 1. The van der Waals surface area contributed by atoms with Gasteiger partial charge < -0.3 is 16.0 Å². The highest BCUT2D eigenvalue weighted by Crippen LogP contribution is 2.28. The molecule has 0 fully saturated rings. The van der Waals surface area contributed by atoms with E-state index in [1.165, 1.54) is 47.4 Å². The molecule has 3 amide bonds. The van der Waals surface area contributed by atoms with Crippen molar-refractivity contribution >= 4 is 86.6 Å². The summed E-state index contributed by atoms with van der Waals surface area (Å²) in [6, 6.07) is 26.2. The molecular formula is C33H23Cl2N5O5S2. The smallest absolute Gasteiger partial charge is 0.272 e. The first-order valence-corrected chi connectivity index (χ1v) is 16.3. The summed E-state index contributed by atoms with van der Waals surface area (Å²) in [5.74, 6) is -1.23. The fourth-order valence-electron chi connectivity index (χ4n) is 4.10. The van der Waals surface area contributed by atoms with E-state index in [0.717, 1.165) is 4.90 Å². The summed E-state index contributed by atoms with van der Waals surface area (Å²) >= 11 is 14.8. The van der Waals surface area contributed by atoms with Gasteiger partial charge in [0.05, 0.1) is 16.4 Å². The van der Waals surface area contributed by atoms with Crippen molar-refractivity contribution in [2.24, 2.45) is 0 Å². The number of anilines is 2. The van der Waals surface area contributed by atoms with E-state index in [1.54, 1.807) is 84.2 Å². The molecule has 14 heteroatoms. The van der Waals surface area contributed by atoms with Crippen LogP contribution in [0.5, 0.6) is 0 Å². The van der Waals surface area contributed by atoms with E-state index in [-0.39, 0.29) is 23.0 Å². The normalized spacial score (nSPS) is 11.1.